The summed E-state index contributed by atoms with van der Waals surface area (Å²) < 4.78 is 19.1. The summed E-state index contributed by atoms with van der Waals surface area (Å²) in [5.74, 6) is -0.311. The number of rotatable bonds is 8. The average molecular weight is 269 g/mol. The maximum atomic E-state index is 13.6. The molecule has 0 fully saturated rings. The molecule has 0 aliphatic rings. The molecule has 0 aromatic heterocycles. The molecule has 1 rings (SSSR count). The van der Waals surface area contributed by atoms with Gasteiger partial charge in [-0.2, -0.15) is 0 Å². The summed E-state index contributed by atoms with van der Waals surface area (Å²) in [6.45, 7) is 3.14. The van der Waals surface area contributed by atoms with Crippen LogP contribution in [0.1, 0.15) is 43.7 Å². The van der Waals surface area contributed by atoms with Crippen LogP contribution in [0.15, 0.2) is 18.2 Å². The molecule has 0 heterocycles. The van der Waals surface area contributed by atoms with Crippen molar-refractivity contribution in [3.63, 3.8) is 0 Å². The van der Waals surface area contributed by atoms with E-state index in [0.29, 0.717) is 24.3 Å². The number of thiocarbonyl (C=S) groups is 1. The van der Waals surface area contributed by atoms with Gasteiger partial charge in [0, 0.05) is 17.7 Å². The van der Waals surface area contributed by atoms with E-state index in [9.17, 15) is 4.39 Å². The van der Waals surface area contributed by atoms with Gasteiger partial charge in [0.25, 0.3) is 0 Å². The Bertz CT molecular complexity index is 395. The normalized spacial score (nSPS) is 10.6. The van der Waals surface area contributed by atoms with Gasteiger partial charge in [-0.1, -0.05) is 50.5 Å². The fourth-order valence-corrected chi connectivity index (χ4v) is 1.76. The molecule has 0 saturated heterocycles. The minimum absolute atomic E-state index is 0.209. The molecule has 0 saturated carbocycles. The highest BCUT2D eigenvalue weighted by molar-refractivity contribution is 7.80. The second kappa shape index (κ2) is 8.16. The van der Waals surface area contributed by atoms with Crippen molar-refractivity contribution in [2.75, 3.05) is 6.61 Å². The highest BCUT2D eigenvalue weighted by Crippen LogP contribution is 2.12. The van der Waals surface area contributed by atoms with Gasteiger partial charge in [-0.05, 0) is 12.5 Å². The van der Waals surface area contributed by atoms with E-state index in [0.717, 1.165) is 6.42 Å². The van der Waals surface area contributed by atoms with E-state index in [4.69, 9.17) is 22.7 Å². The van der Waals surface area contributed by atoms with Crippen molar-refractivity contribution in [3.8, 4) is 0 Å². The molecule has 100 valence electrons. The fourth-order valence-electron chi connectivity index (χ4n) is 1.63. The summed E-state index contributed by atoms with van der Waals surface area (Å²) in [6, 6.07) is 4.76. The highest BCUT2D eigenvalue weighted by Gasteiger charge is 2.05. The molecule has 18 heavy (non-hydrogen) atoms. The molecular weight excluding hydrogens is 249 g/mol. The highest BCUT2D eigenvalue weighted by atomic mass is 32.1. The standard InChI is InChI=1S/C14H20FNOS/c1-2-3-4-5-8-17-10-12-7-6-11(14(16)18)9-13(12)15/h6-7,9H,2-5,8,10H2,1H3,(H2,16,18). The molecular formula is C14H20FNOS. The Morgan fingerprint density at radius 3 is 2.72 bits per heavy atom. The minimum Gasteiger partial charge on any atom is -0.389 e. The monoisotopic (exact) mass is 269 g/mol. The largest absolute Gasteiger partial charge is 0.389 e. The molecule has 0 unspecified atom stereocenters. The van der Waals surface area contributed by atoms with Gasteiger partial charge in [0.1, 0.15) is 10.8 Å². The number of hydrogen-bond acceptors (Lipinski definition) is 2. The number of unbranched alkanes of at least 4 members (excludes halogenated alkanes) is 3. The maximum Gasteiger partial charge on any atom is 0.129 e. The molecule has 0 bridgehead atoms. The van der Waals surface area contributed by atoms with Gasteiger partial charge in [-0.3, -0.25) is 0 Å². The molecule has 0 aliphatic heterocycles. The summed E-state index contributed by atoms with van der Waals surface area (Å²) in [4.78, 5) is 0.209. The number of benzene rings is 1. The SMILES string of the molecule is CCCCCCOCc1ccc(C(N)=S)cc1F. The Labute approximate surface area is 113 Å². The fraction of sp³-hybridized carbons (Fsp3) is 0.500. The van der Waals surface area contributed by atoms with Gasteiger partial charge in [-0.25, -0.2) is 4.39 Å². The predicted octanol–water partition coefficient (Wildman–Crippen LogP) is 3.56. The molecule has 0 radical (unpaired) electrons. The molecule has 0 atom stereocenters. The molecule has 1 aromatic carbocycles. The van der Waals surface area contributed by atoms with Gasteiger partial charge in [0.2, 0.25) is 0 Å². The third-order valence-corrected chi connectivity index (χ3v) is 2.97. The van der Waals surface area contributed by atoms with Crippen LogP contribution < -0.4 is 5.73 Å². The summed E-state index contributed by atoms with van der Waals surface area (Å²) in [5, 5.41) is 0. The Morgan fingerprint density at radius 1 is 1.33 bits per heavy atom. The first-order chi connectivity index (χ1) is 8.65. The zero-order chi connectivity index (χ0) is 13.4. The van der Waals surface area contributed by atoms with Crippen LogP contribution >= 0.6 is 12.2 Å². The van der Waals surface area contributed by atoms with Crippen molar-refractivity contribution < 1.29 is 9.13 Å². The lowest BCUT2D eigenvalue weighted by Crippen LogP contribution is -2.10. The van der Waals surface area contributed by atoms with Crippen LogP contribution in [-0.4, -0.2) is 11.6 Å². The molecule has 0 amide bonds. The number of hydrogen-bond donors (Lipinski definition) is 1. The smallest absolute Gasteiger partial charge is 0.129 e. The lowest BCUT2D eigenvalue weighted by Gasteiger charge is -2.07. The number of halogens is 1. The van der Waals surface area contributed by atoms with Gasteiger partial charge in [0.15, 0.2) is 0 Å². The van der Waals surface area contributed by atoms with E-state index < -0.39 is 0 Å². The van der Waals surface area contributed by atoms with Crippen LogP contribution in [0.25, 0.3) is 0 Å². The van der Waals surface area contributed by atoms with Gasteiger partial charge in [0.05, 0.1) is 6.61 Å². The molecule has 0 aliphatic carbocycles. The van der Waals surface area contributed by atoms with E-state index >= 15 is 0 Å². The topological polar surface area (TPSA) is 35.2 Å². The molecule has 1 aromatic rings. The van der Waals surface area contributed by atoms with Crippen molar-refractivity contribution in [2.24, 2.45) is 5.73 Å². The number of nitrogens with two attached hydrogens (primary N) is 1. The zero-order valence-electron chi connectivity index (χ0n) is 10.7. The number of ether oxygens (including phenoxy) is 1. The first kappa shape index (κ1) is 15.1. The first-order valence-corrected chi connectivity index (χ1v) is 6.72. The van der Waals surface area contributed by atoms with Crippen molar-refractivity contribution in [3.05, 3.63) is 35.1 Å². The Balaban J connectivity index is 2.36. The third kappa shape index (κ3) is 5.10. The zero-order valence-corrected chi connectivity index (χ0v) is 11.6. The van der Waals surface area contributed by atoms with Crippen LogP contribution in [0, 0.1) is 5.82 Å². The van der Waals surface area contributed by atoms with Crippen molar-refractivity contribution >= 4 is 17.2 Å². The van der Waals surface area contributed by atoms with Crippen LogP contribution in [0.3, 0.4) is 0 Å². The summed E-state index contributed by atoms with van der Waals surface area (Å²) in [6.07, 6.45) is 4.62. The quantitative estimate of drug-likeness (QED) is 0.579. The van der Waals surface area contributed by atoms with Crippen LogP contribution in [0.4, 0.5) is 4.39 Å². The van der Waals surface area contributed by atoms with Crippen LogP contribution in [0.2, 0.25) is 0 Å². The van der Waals surface area contributed by atoms with E-state index in [1.165, 1.54) is 25.3 Å². The van der Waals surface area contributed by atoms with Gasteiger partial charge in [-0.15, -0.1) is 0 Å². The Hall–Kier alpha value is -1.00. The molecule has 4 heteroatoms. The van der Waals surface area contributed by atoms with E-state index in [2.05, 4.69) is 6.92 Å². The van der Waals surface area contributed by atoms with Crippen molar-refractivity contribution in [1.29, 1.82) is 0 Å². The maximum absolute atomic E-state index is 13.6. The third-order valence-electron chi connectivity index (χ3n) is 2.74. The van der Waals surface area contributed by atoms with Crippen molar-refractivity contribution in [2.45, 2.75) is 39.2 Å². The van der Waals surface area contributed by atoms with Gasteiger partial charge < -0.3 is 10.5 Å². The summed E-state index contributed by atoms with van der Waals surface area (Å²) >= 11 is 4.79. The average Bonchev–Trinajstić information content (AvgIpc) is 2.35. The van der Waals surface area contributed by atoms with Crippen LogP contribution in [0.5, 0.6) is 0 Å². The predicted molar refractivity (Wildman–Crippen MR) is 76.1 cm³/mol. The van der Waals surface area contributed by atoms with Crippen molar-refractivity contribution in [1.82, 2.24) is 0 Å². The van der Waals surface area contributed by atoms with E-state index in [-0.39, 0.29) is 10.8 Å². The first-order valence-electron chi connectivity index (χ1n) is 6.31. The second-order valence-corrected chi connectivity index (χ2v) is 4.72. The summed E-state index contributed by atoms with van der Waals surface area (Å²) in [5.41, 5.74) is 6.53. The molecule has 2 N–H and O–H groups in total. The second-order valence-electron chi connectivity index (χ2n) is 4.28. The van der Waals surface area contributed by atoms with Gasteiger partial charge >= 0.3 is 0 Å². The van der Waals surface area contributed by atoms with E-state index in [1.54, 1.807) is 12.1 Å². The lowest BCUT2D eigenvalue weighted by atomic mass is 10.1. The molecule has 0 spiro atoms. The minimum atomic E-state index is -0.311. The van der Waals surface area contributed by atoms with E-state index in [1.807, 2.05) is 0 Å². The summed E-state index contributed by atoms with van der Waals surface area (Å²) in [7, 11) is 0. The van der Waals surface area contributed by atoms with Crippen LogP contribution in [-0.2, 0) is 11.3 Å². The Kier molecular flexibility index (Phi) is 6.83. The Morgan fingerprint density at radius 2 is 2.11 bits per heavy atom. The lowest BCUT2D eigenvalue weighted by molar-refractivity contribution is 0.114. The molecule has 2 nitrogen and oxygen atoms in total.